The van der Waals surface area contributed by atoms with Crippen molar-refractivity contribution in [1.29, 1.82) is 0 Å². The lowest BCUT2D eigenvalue weighted by Gasteiger charge is -2.13. The number of thiazole rings is 1. The normalized spacial score (nSPS) is 12.7. The van der Waals surface area contributed by atoms with Crippen molar-refractivity contribution in [2.75, 3.05) is 11.9 Å². The van der Waals surface area contributed by atoms with Crippen molar-refractivity contribution in [3.63, 3.8) is 0 Å². The van der Waals surface area contributed by atoms with Crippen molar-refractivity contribution in [3.05, 3.63) is 74.1 Å². The highest BCUT2D eigenvalue weighted by atomic mass is 35.5. The Morgan fingerprint density at radius 1 is 1.06 bits per heavy atom. The molecule has 0 saturated heterocycles. The van der Waals surface area contributed by atoms with E-state index in [1.165, 1.54) is 29.5 Å². The van der Waals surface area contributed by atoms with Crippen molar-refractivity contribution >= 4 is 51.5 Å². The molecule has 4 rings (SSSR count). The number of hydrogen-bond acceptors (Lipinski definition) is 7. The van der Waals surface area contributed by atoms with Crippen LogP contribution in [0, 0.1) is 10.1 Å². The number of aromatic nitrogens is 1. The highest BCUT2D eigenvalue weighted by molar-refractivity contribution is 7.14. The second kappa shape index (κ2) is 10.1. The molecule has 3 aromatic rings. The molecule has 0 aliphatic carbocycles. The Labute approximate surface area is 203 Å². The highest BCUT2D eigenvalue weighted by Gasteiger charge is 2.40. The summed E-state index contributed by atoms with van der Waals surface area (Å²) in [5, 5.41) is 16.8. The van der Waals surface area contributed by atoms with Crippen LogP contribution in [0.3, 0.4) is 0 Å². The van der Waals surface area contributed by atoms with E-state index in [0.717, 1.165) is 10.5 Å². The zero-order chi connectivity index (χ0) is 24.2. The second-order valence-electron chi connectivity index (χ2n) is 7.60. The SMILES string of the molecule is O=C(CCCCCN1C(=O)c2cccc([N+](=O)[O-])c2C1=O)Nc1nc(-c2ccccc2Cl)cs1. The number of nitrogens with zero attached hydrogens (tertiary/aromatic N) is 3. The molecule has 174 valence electrons. The number of fused-ring (bicyclic) bond motifs is 1. The van der Waals surface area contributed by atoms with Crippen LogP contribution in [-0.4, -0.2) is 39.1 Å². The van der Waals surface area contributed by atoms with E-state index in [1.54, 1.807) is 6.07 Å². The van der Waals surface area contributed by atoms with E-state index in [2.05, 4.69) is 10.3 Å². The number of rotatable bonds is 9. The van der Waals surface area contributed by atoms with E-state index < -0.39 is 16.7 Å². The third-order valence-electron chi connectivity index (χ3n) is 5.36. The maximum atomic E-state index is 12.6. The predicted molar refractivity (Wildman–Crippen MR) is 128 cm³/mol. The maximum absolute atomic E-state index is 12.6. The van der Waals surface area contributed by atoms with Gasteiger partial charge in [-0.2, -0.15) is 0 Å². The average Bonchev–Trinajstić information content (AvgIpc) is 3.37. The highest BCUT2D eigenvalue weighted by Crippen LogP contribution is 2.32. The molecule has 0 atom stereocenters. The number of nitrogens with one attached hydrogen (secondary N) is 1. The van der Waals surface area contributed by atoms with E-state index in [1.807, 2.05) is 23.6 Å². The largest absolute Gasteiger partial charge is 0.302 e. The van der Waals surface area contributed by atoms with Gasteiger partial charge in [-0.3, -0.25) is 29.4 Å². The Morgan fingerprint density at radius 3 is 2.59 bits per heavy atom. The van der Waals surface area contributed by atoms with Gasteiger partial charge in [0, 0.05) is 35.0 Å². The number of benzene rings is 2. The molecular formula is C23H19ClN4O5S. The van der Waals surface area contributed by atoms with Crippen molar-refractivity contribution in [3.8, 4) is 11.3 Å². The van der Waals surface area contributed by atoms with E-state index in [4.69, 9.17) is 11.6 Å². The Kier molecular flexibility index (Phi) is 6.99. The molecular weight excluding hydrogens is 480 g/mol. The number of carbonyl (C=O) groups is 3. The lowest BCUT2D eigenvalue weighted by atomic mass is 10.1. The Hall–Kier alpha value is -3.63. The smallest absolute Gasteiger partial charge is 0.282 e. The Balaban J connectivity index is 1.23. The van der Waals surface area contributed by atoms with Crippen LogP contribution in [0.25, 0.3) is 11.3 Å². The lowest BCUT2D eigenvalue weighted by molar-refractivity contribution is -0.385. The van der Waals surface area contributed by atoms with Gasteiger partial charge in [-0.15, -0.1) is 11.3 Å². The minimum absolute atomic E-state index is 0.0539. The first-order valence-corrected chi connectivity index (χ1v) is 11.8. The summed E-state index contributed by atoms with van der Waals surface area (Å²) in [5.74, 6) is -1.36. The van der Waals surface area contributed by atoms with Crippen LogP contribution >= 0.6 is 22.9 Å². The molecule has 1 aromatic heterocycles. The average molecular weight is 499 g/mol. The van der Waals surface area contributed by atoms with Gasteiger partial charge in [0.05, 0.1) is 16.2 Å². The summed E-state index contributed by atoms with van der Waals surface area (Å²) >= 11 is 7.50. The van der Waals surface area contributed by atoms with Crippen LogP contribution in [0.15, 0.2) is 47.8 Å². The summed E-state index contributed by atoms with van der Waals surface area (Å²) in [6, 6.07) is 11.4. The van der Waals surface area contributed by atoms with Crippen molar-refractivity contribution < 1.29 is 19.3 Å². The fraction of sp³-hybridized carbons (Fsp3) is 0.217. The van der Waals surface area contributed by atoms with Gasteiger partial charge in [0.2, 0.25) is 5.91 Å². The summed E-state index contributed by atoms with van der Waals surface area (Å²) in [6.07, 6.45) is 1.90. The van der Waals surface area contributed by atoms with Gasteiger partial charge in [-0.1, -0.05) is 42.3 Å². The third kappa shape index (κ3) is 4.82. The van der Waals surface area contributed by atoms with Crippen LogP contribution in [-0.2, 0) is 4.79 Å². The number of carbonyl (C=O) groups excluding carboxylic acids is 3. The fourth-order valence-corrected chi connectivity index (χ4v) is 4.67. The number of amides is 3. The molecule has 1 N–H and O–H groups in total. The number of unbranched alkanes of at least 4 members (excludes halogenated alkanes) is 2. The fourth-order valence-electron chi connectivity index (χ4n) is 3.71. The summed E-state index contributed by atoms with van der Waals surface area (Å²) in [6.45, 7) is 0.138. The van der Waals surface area contributed by atoms with Gasteiger partial charge in [-0.25, -0.2) is 4.98 Å². The third-order valence-corrected chi connectivity index (χ3v) is 6.45. The summed E-state index contributed by atoms with van der Waals surface area (Å²) in [5.41, 5.74) is 1.01. The molecule has 2 heterocycles. The van der Waals surface area contributed by atoms with Crippen LogP contribution in [0.1, 0.15) is 46.4 Å². The predicted octanol–water partition coefficient (Wildman–Crippen LogP) is 5.17. The summed E-state index contributed by atoms with van der Waals surface area (Å²) < 4.78 is 0. The molecule has 3 amide bonds. The topological polar surface area (TPSA) is 123 Å². The van der Waals surface area contributed by atoms with E-state index in [9.17, 15) is 24.5 Å². The van der Waals surface area contributed by atoms with Gasteiger partial charge in [0.25, 0.3) is 17.5 Å². The molecule has 34 heavy (non-hydrogen) atoms. The summed E-state index contributed by atoms with van der Waals surface area (Å²) in [4.78, 5) is 53.2. The minimum Gasteiger partial charge on any atom is -0.302 e. The standard InChI is InChI=1S/C23H19ClN4O5S/c24-16-9-4-3-7-14(16)17-13-34-23(25-17)26-19(29)11-2-1-5-12-27-21(30)15-8-6-10-18(28(32)33)20(15)22(27)31/h3-4,6-10,13H,1-2,5,11-12H2,(H,25,26,29). The molecule has 0 unspecified atom stereocenters. The van der Waals surface area contributed by atoms with E-state index >= 15 is 0 Å². The zero-order valence-electron chi connectivity index (χ0n) is 17.8. The minimum atomic E-state index is -0.661. The van der Waals surface area contributed by atoms with Gasteiger partial charge in [-0.05, 0) is 25.0 Å². The first-order valence-electron chi connectivity index (χ1n) is 10.5. The molecule has 2 aromatic carbocycles. The molecule has 1 aliphatic rings. The molecule has 0 saturated carbocycles. The van der Waals surface area contributed by atoms with Gasteiger partial charge in [0.1, 0.15) is 5.56 Å². The first-order chi connectivity index (χ1) is 16.4. The van der Waals surface area contributed by atoms with E-state index in [0.29, 0.717) is 35.1 Å². The van der Waals surface area contributed by atoms with Crippen molar-refractivity contribution in [2.24, 2.45) is 0 Å². The number of imide groups is 1. The van der Waals surface area contributed by atoms with E-state index in [-0.39, 0.29) is 35.7 Å². The van der Waals surface area contributed by atoms with Gasteiger partial charge < -0.3 is 5.32 Å². The maximum Gasteiger partial charge on any atom is 0.282 e. The van der Waals surface area contributed by atoms with Gasteiger partial charge in [0.15, 0.2) is 5.13 Å². The van der Waals surface area contributed by atoms with Crippen molar-refractivity contribution in [1.82, 2.24) is 9.88 Å². The molecule has 1 aliphatic heterocycles. The first kappa shape index (κ1) is 23.5. The summed E-state index contributed by atoms with van der Waals surface area (Å²) in [7, 11) is 0. The molecule has 11 heteroatoms. The second-order valence-corrected chi connectivity index (χ2v) is 8.86. The van der Waals surface area contributed by atoms with Gasteiger partial charge >= 0.3 is 0 Å². The Morgan fingerprint density at radius 2 is 1.82 bits per heavy atom. The molecule has 0 spiro atoms. The lowest BCUT2D eigenvalue weighted by Crippen LogP contribution is -2.30. The Bertz CT molecular complexity index is 1290. The van der Waals surface area contributed by atoms with Crippen LogP contribution in [0.5, 0.6) is 0 Å². The number of anilines is 1. The number of halogens is 1. The van der Waals surface area contributed by atoms with Crippen LogP contribution < -0.4 is 5.32 Å². The monoisotopic (exact) mass is 498 g/mol. The van der Waals surface area contributed by atoms with Crippen LogP contribution in [0.4, 0.5) is 10.8 Å². The number of nitro groups is 1. The molecule has 0 radical (unpaired) electrons. The molecule has 9 nitrogen and oxygen atoms in total. The molecule has 0 fully saturated rings. The molecule has 0 bridgehead atoms. The quantitative estimate of drug-likeness (QED) is 0.188. The zero-order valence-corrected chi connectivity index (χ0v) is 19.4. The van der Waals surface area contributed by atoms with Crippen LogP contribution in [0.2, 0.25) is 5.02 Å². The number of nitro benzene ring substituents is 1. The van der Waals surface area contributed by atoms with Crippen molar-refractivity contribution in [2.45, 2.75) is 25.7 Å². The number of hydrogen-bond donors (Lipinski definition) is 1.